The Morgan fingerprint density at radius 2 is 1.80 bits per heavy atom. The van der Waals surface area contributed by atoms with E-state index >= 15 is 0 Å². The lowest BCUT2D eigenvalue weighted by atomic mass is 10.1. The Bertz CT molecular complexity index is 256. The highest BCUT2D eigenvalue weighted by atomic mass is 16.5. The molecule has 1 N–H and O–H groups in total. The lowest BCUT2D eigenvalue weighted by Gasteiger charge is -2.05. The molecule has 0 unspecified atom stereocenters. The van der Waals surface area contributed by atoms with Crippen molar-refractivity contribution in [3.8, 4) is 0 Å². The van der Waals surface area contributed by atoms with Gasteiger partial charge in [0.1, 0.15) is 0 Å². The van der Waals surface area contributed by atoms with Crippen molar-refractivity contribution in [3.63, 3.8) is 0 Å². The van der Waals surface area contributed by atoms with E-state index in [4.69, 9.17) is 4.74 Å². The van der Waals surface area contributed by atoms with E-state index in [0.29, 0.717) is 0 Å². The monoisotopic (exact) mass is 207 g/mol. The average Bonchev–Trinajstić information content (AvgIpc) is 2.30. The molecule has 0 aromatic heterocycles. The fourth-order valence-electron chi connectivity index (χ4n) is 1.47. The van der Waals surface area contributed by atoms with Crippen LogP contribution in [0.15, 0.2) is 24.3 Å². The van der Waals surface area contributed by atoms with Gasteiger partial charge in [-0.1, -0.05) is 31.2 Å². The summed E-state index contributed by atoms with van der Waals surface area (Å²) in [5.41, 5.74) is 2.75. The SMILES string of the molecule is CCc1ccc(CNCCCOC)cc1. The van der Waals surface area contributed by atoms with Crippen LogP contribution in [0.3, 0.4) is 0 Å². The number of hydrogen-bond acceptors (Lipinski definition) is 2. The summed E-state index contributed by atoms with van der Waals surface area (Å²) in [5.74, 6) is 0. The summed E-state index contributed by atoms with van der Waals surface area (Å²) in [7, 11) is 1.74. The molecule has 2 nitrogen and oxygen atoms in total. The molecule has 0 radical (unpaired) electrons. The minimum atomic E-state index is 0.835. The van der Waals surface area contributed by atoms with E-state index < -0.39 is 0 Å². The molecule has 0 saturated heterocycles. The first-order chi connectivity index (χ1) is 7.36. The minimum absolute atomic E-state index is 0.835. The fourth-order valence-corrected chi connectivity index (χ4v) is 1.47. The quantitative estimate of drug-likeness (QED) is 0.693. The molecule has 0 aliphatic heterocycles. The fraction of sp³-hybridized carbons (Fsp3) is 0.538. The highest BCUT2D eigenvalue weighted by Crippen LogP contribution is 2.04. The van der Waals surface area contributed by atoms with Gasteiger partial charge in [0, 0.05) is 20.3 Å². The molecule has 0 saturated carbocycles. The number of aryl methyl sites for hydroxylation is 1. The molecule has 0 heterocycles. The number of nitrogens with one attached hydrogen (secondary N) is 1. The zero-order valence-electron chi connectivity index (χ0n) is 9.75. The molecule has 1 aromatic carbocycles. The van der Waals surface area contributed by atoms with E-state index in [1.165, 1.54) is 11.1 Å². The molecule has 0 amide bonds. The molecular weight excluding hydrogens is 186 g/mol. The van der Waals surface area contributed by atoms with Gasteiger partial charge in [0.2, 0.25) is 0 Å². The van der Waals surface area contributed by atoms with Crippen molar-refractivity contribution < 1.29 is 4.74 Å². The Labute approximate surface area is 92.6 Å². The summed E-state index contributed by atoms with van der Waals surface area (Å²) in [6.45, 7) is 4.98. The topological polar surface area (TPSA) is 21.3 Å². The van der Waals surface area contributed by atoms with Crippen LogP contribution in [-0.4, -0.2) is 20.3 Å². The third-order valence-electron chi connectivity index (χ3n) is 2.46. The molecule has 0 fully saturated rings. The van der Waals surface area contributed by atoms with Crippen LogP contribution in [0.25, 0.3) is 0 Å². The van der Waals surface area contributed by atoms with Gasteiger partial charge >= 0.3 is 0 Å². The second-order valence-corrected chi connectivity index (χ2v) is 3.69. The molecule has 0 atom stereocenters. The number of benzene rings is 1. The maximum Gasteiger partial charge on any atom is 0.0474 e. The lowest BCUT2D eigenvalue weighted by Crippen LogP contribution is -2.16. The standard InChI is InChI=1S/C13H21NO/c1-3-12-5-7-13(8-6-12)11-14-9-4-10-15-2/h5-8,14H,3-4,9-11H2,1-2H3. The second kappa shape index (κ2) is 7.43. The zero-order valence-corrected chi connectivity index (χ0v) is 9.75. The van der Waals surface area contributed by atoms with Crippen molar-refractivity contribution in [2.75, 3.05) is 20.3 Å². The summed E-state index contributed by atoms with van der Waals surface area (Å²) in [6.07, 6.45) is 2.19. The van der Waals surface area contributed by atoms with Gasteiger partial charge < -0.3 is 10.1 Å². The third-order valence-corrected chi connectivity index (χ3v) is 2.46. The molecule has 1 rings (SSSR count). The van der Waals surface area contributed by atoms with Gasteiger partial charge in [0.15, 0.2) is 0 Å². The molecule has 0 aliphatic rings. The van der Waals surface area contributed by atoms with Crippen molar-refractivity contribution in [3.05, 3.63) is 35.4 Å². The van der Waals surface area contributed by atoms with Crippen LogP contribution in [0.5, 0.6) is 0 Å². The van der Waals surface area contributed by atoms with E-state index in [0.717, 1.165) is 32.5 Å². The summed E-state index contributed by atoms with van der Waals surface area (Å²) < 4.78 is 4.98. The Hall–Kier alpha value is -0.860. The average molecular weight is 207 g/mol. The van der Waals surface area contributed by atoms with Gasteiger partial charge in [-0.05, 0) is 30.5 Å². The van der Waals surface area contributed by atoms with Crippen molar-refractivity contribution >= 4 is 0 Å². The number of methoxy groups -OCH3 is 1. The summed E-state index contributed by atoms with van der Waals surface area (Å²) in [6, 6.07) is 8.79. The molecule has 84 valence electrons. The van der Waals surface area contributed by atoms with Crippen LogP contribution in [0.4, 0.5) is 0 Å². The first-order valence-corrected chi connectivity index (χ1v) is 5.64. The maximum absolute atomic E-state index is 4.98. The molecule has 1 aromatic rings. The van der Waals surface area contributed by atoms with Crippen LogP contribution >= 0.6 is 0 Å². The minimum Gasteiger partial charge on any atom is -0.385 e. The van der Waals surface area contributed by atoms with Gasteiger partial charge in [-0.3, -0.25) is 0 Å². The first kappa shape index (κ1) is 12.2. The smallest absolute Gasteiger partial charge is 0.0474 e. The van der Waals surface area contributed by atoms with Crippen molar-refractivity contribution in [2.45, 2.75) is 26.3 Å². The van der Waals surface area contributed by atoms with Gasteiger partial charge in [0.05, 0.1) is 0 Å². The van der Waals surface area contributed by atoms with Gasteiger partial charge in [0.25, 0.3) is 0 Å². The third kappa shape index (κ3) is 4.96. The van der Waals surface area contributed by atoms with Crippen molar-refractivity contribution in [1.29, 1.82) is 0 Å². The van der Waals surface area contributed by atoms with Crippen LogP contribution in [0.2, 0.25) is 0 Å². The molecule has 0 aliphatic carbocycles. The van der Waals surface area contributed by atoms with Crippen LogP contribution in [0.1, 0.15) is 24.5 Å². The first-order valence-electron chi connectivity index (χ1n) is 5.64. The molecule has 0 spiro atoms. The molecule has 15 heavy (non-hydrogen) atoms. The zero-order chi connectivity index (χ0) is 10.9. The van der Waals surface area contributed by atoms with E-state index in [9.17, 15) is 0 Å². The second-order valence-electron chi connectivity index (χ2n) is 3.69. The Morgan fingerprint density at radius 1 is 1.13 bits per heavy atom. The van der Waals surface area contributed by atoms with E-state index in [1.54, 1.807) is 7.11 Å². The van der Waals surface area contributed by atoms with Gasteiger partial charge in [-0.2, -0.15) is 0 Å². The van der Waals surface area contributed by atoms with E-state index in [1.807, 2.05) is 0 Å². The van der Waals surface area contributed by atoms with Gasteiger partial charge in [-0.15, -0.1) is 0 Å². The molecular formula is C13H21NO. The van der Waals surface area contributed by atoms with Crippen molar-refractivity contribution in [2.24, 2.45) is 0 Å². The maximum atomic E-state index is 4.98. The predicted octanol–water partition coefficient (Wildman–Crippen LogP) is 2.38. The summed E-state index contributed by atoms with van der Waals surface area (Å²) in [5, 5.41) is 3.39. The van der Waals surface area contributed by atoms with E-state index in [2.05, 4.69) is 36.5 Å². The van der Waals surface area contributed by atoms with Crippen LogP contribution in [-0.2, 0) is 17.7 Å². The highest BCUT2D eigenvalue weighted by molar-refractivity contribution is 5.22. The number of ether oxygens (including phenoxy) is 1. The van der Waals surface area contributed by atoms with E-state index in [-0.39, 0.29) is 0 Å². The number of hydrogen-bond donors (Lipinski definition) is 1. The highest BCUT2D eigenvalue weighted by Gasteiger charge is 1.93. The lowest BCUT2D eigenvalue weighted by molar-refractivity contribution is 0.194. The summed E-state index contributed by atoms with van der Waals surface area (Å²) in [4.78, 5) is 0. The van der Waals surface area contributed by atoms with Crippen LogP contribution < -0.4 is 5.32 Å². The Balaban J connectivity index is 2.20. The van der Waals surface area contributed by atoms with Crippen molar-refractivity contribution in [1.82, 2.24) is 5.32 Å². The normalized spacial score (nSPS) is 10.5. The molecule has 2 heteroatoms. The predicted molar refractivity (Wildman–Crippen MR) is 64.0 cm³/mol. The Kier molecular flexibility index (Phi) is 6.05. The summed E-state index contributed by atoms with van der Waals surface area (Å²) >= 11 is 0. The number of rotatable bonds is 7. The Morgan fingerprint density at radius 3 is 2.40 bits per heavy atom. The van der Waals surface area contributed by atoms with Gasteiger partial charge in [-0.25, -0.2) is 0 Å². The molecule has 0 bridgehead atoms. The largest absolute Gasteiger partial charge is 0.385 e. The van der Waals surface area contributed by atoms with Crippen LogP contribution in [0, 0.1) is 0 Å².